The van der Waals surface area contributed by atoms with Crippen molar-refractivity contribution in [1.82, 2.24) is 5.32 Å². The summed E-state index contributed by atoms with van der Waals surface area (Å²) < 4.78 is 5.83. The van der Waals surface area contributed by atoms with Crippen LogP contribution in [0.25, 0.3) is 0 Å². The summed E-state index contributed by atoms with van der Waals surface area (Å²) >= 11 is 0. The molecule has 0 unspecified atom stereocenters. The van der Waals surface area contributed by atoms with Gasteiger partial charge in [0.05, 0.1) is 12.7 Å². The van der Waals surface area contributed by atoms with Gasteiger partial charge in [-0.15, -0.1) is 0 Å². The van der Waals surface area contributed by atoms with E-state index in [1.807, 2.05) is 6.07 Å². The first kappa shape index (κ1) is 9.69. The van der Waals surface area contributed by atoms with Gasteiger partial charge in [0.2, 0.25) is 0 Å². The molecule has 0 radical (unpaired) electrons. The number of hydrogen-bond donors (Lipinski definition) is 1. The van der Waals surface area contributed by atoms with E-state index in [2.05, 4.69) is 43.4 Å². The van der Waals surface area contributed by atoms with E-state index in [0.29, 0.717) is 12.1 Å². The van der Waals surface area contributed by atoms with Gasteiger partial charge in [0.15, 0.2) is 0 Å². The summed E-state index contributed by atoms with van der Waals surface area (Å²) in [6.07, 6.45) is 0.201. The minimum atomic E-state index is 0.201. The second-order valence-corrected chi connectivity index (χ2v) is 4.02. The van der Waals surface area contributed by atoms with Gasteiger partial charge < -0.3 is 10.1 Å². The molecule has 0 aliphatic carbocycles. The highest BCUT2D eigenvalue weighted by Gasteiger charge is 2.26. The maximum absolute atomic E-state index is 5.83. The standard InChI is InChI=1S/C12H17NO/c1-9-8-14-12(10(2)13-9)11-6-4-3-5-7-11/h3-7,9-10,12-13H,8H2,1-2H3/t9-,10+,12+/m0/s1. The van der Waals surface area contributed by atoms with Crippen molar-refractivity contribution >= 4 is 0 Å². The van der Waals surface area contributed by atoms with E-state index >= 15 is 0 Å². The Morgan fingerprint density at radius 3 is 2.57 bits per heavy atom. The molecule has 76 valence electrons. The number of nitrogens with one attached hydrogen (secondary N) is 1. The Morgan fingerprint density at radius 1 is 1.21 bits per heavy atom. The Labute approximate surface area is 85.3 Å². The van der Waals surface area contributed by atoms with Gasteiger partial charge in [0.25, 0.3) is 0 Å². The Bertz CT molecular complexity index is 286. The van der Waals surface area contributed by atoms with Crippen molar-refractivity contribution in [3.05, 3.63) is 35.9 Å². The molecule has 1 aromatic rings. The highest BCUT2D eigenvalue weighted by molar-refractivity contribution is 5.19. The first-order valence-electron chi connectivity index (χ1n) is 5.20. The maximum Gasteiger partial charge on any atom is 0.0975 e. The molecular weight excluding hydrogens is 174 g/mol. The number of benzene rings is 1. The van der Waals surface area contributed by atoms with E-state index in [-0.39, 0.29) is 6.10 Å². The molecule has 1 saturated heterocycles. The van der Waals surface area contributed by atoms with Crippen molar-refractivity contribution in [1.29, 1.82) is 0 Å². The second kappa shape index (κ2) is 4.11. The third-order valence-electron chi connectivity index (χ3n) is 2.66. The highest BCUT2D eigenvalue weighted by atomic mass is 16.5. The minimum Gasteiger partial charge on any atom is -0.370 e. The maximum atomic E-state index is 5.83. The molecule has 1 aliphatic heterocycles. The van der Waals surface area contributed by atoms with Crippen LogP contribution >= 0.6 is 0 Å². The summed E-state index contributed by atoms with van der Waals surface area (Å²) in [4.78, 5) is 0. The summed E-state index contributed by atoms with van der Waals surface area (Å²) in [6.45, 7) is 5.12. The lowest BCUT2D eigenvalue weighted by Crippen LogP contribution is -2.47. The van der Waals surface area contributed by atoms with Crippen LogP contribution in [0.2, 0.25) is 0 Å². The molecule has 1 fully saturated rings. The molecule has 3 atom stereocenters. The Balaban J connectivity index is 2.12. The van der Waals surface area contributed by atoms with Crippen LogP contribution in [0, 0.1) is 0 Å². The van der Waals surface area contributed by atoms with Crippen molar-refractivity contribution in [2.45, 2.75) is 32.0 Å². The van der Waals surface area contributed by atoms with E-state index in [9.17, 15) is 0 Å². The van der Waals surface area contributed by atoms with Crippen molar-refractivity contribution in [3.63, 3.8) is 0 Å². The van der Waals surface area contributed by atoms with Crippen LogP contribution in [0.5, 0.6) is 0 Å². The van der Waals surface area contributed by atoms with Crippen LogP contribution in [-0.4, -0.2) is 18.7 Å². The molecule has 0 aromatic heterocycles. The average molecular weight is 191 g/mol. The quantitative estimate of drug-likeness (QED) is 0.734. The van der Waals surface area contributed by atoms with Crippen molar-refractivity contribution in [2.75, 3.05) is 6.61 Å². The van der Waals surface area contributed by atoms with Crippen LogP contribution in [0.3, 0.4) is 0 Å². The fraction of sp³-hybridized carbons (Fsp3) is 0.500. The summed E-state index contributed by atoms with van der Waals surface area (Å²) in [5.74, 6) is 0. The summed E-state index contributed by atoms with van der Waals surface area (Å²) in [5, 5.41) is 3.50. The van der Waals surface area contributed by atoms with Crippen molar-refractivity contribution < 1.29 is 4.74 Å². The predicted molar refractivity (Wildman–Crippen MR) is 57.2 cm³/mol. The zero-order chi connectivity index (χ0) is 9.97. The highest BCUT2D eigenvalue weighted by Crippen LogP contribution is 2.24. The van der Waals surface area contributed by atoms with Crippen molar-refractivity contribution in [2.24, 2.45) is 0 Å². The van der Waals surface area contributed by atoms with Gasteiger partial charge in [-0.25, -0.2) is 0 Å². The van der Waals surface area contributed by atoms with Gasteiger partial charge in [-0.1, -0.05) is 30.3 Å². The third-order valence-corrected chi connectivity index (χ3v) is 2.66. The van der Waals surface area contributed by atoms with Gasteiger partial charge in [-0.3, -0.25) is 0 Å². The second-order valence-electron chi connectivity index (χ2n) is 4.02. The van der Waals surface area contributed by atoms with Crippen LogP contribution < -0.4 is 5.32 Å². The summed E-state index contributed by atoms with van der Waals surface area (Å²) in [7, 11) is 0. The van der Waals surface area contributed by atoms with E-state index < -0.39 is 0 Å². The molecule has 0 spiro atoms. The molecule has 14 heavy (non-hydrogen) atoms. The summed E-state index contributed by atoms with van der Waals surface area (Å²) in [6, 6.07) is 11.3. The van der Waals surface area contributed by atoms with Gasteiger partial charge in [-0.05, 0) is 19.4 Å². The normalized spacial score (nSPS) is 32.9. The monoisotopic (exact) mass is 191 g/mol. The Morgan fingerprint density at radius 2 is 1.93 bits per heavy atom. The van der Waals surface area contributed by atoms with E-state index in [4.69, 9.17) is 4.74 Å². The van der Waals surface area contributed by atoms with E-state index in [0.717, 1.165) is 6.61 Å². The molecule has 2 heteroatoms. The molecule has 0 saturated carbocycles. The largest absolute Gasteiger partial charge is 0.370 e. The number of rotatable bonds is 1. The lowest BCUT2D eigenvalue weighted by Gasteiger charge is -2.34. The van der Waals surface area contributed by atoms with Crippen molar-refractivity contribution in [3.8, 4) is 0 Å². The first-order valence-corrected chi connectivity index (χ1v) is 5.20. The smallest absolute Gasteiger partial charge is 0.0975 e. The lowest BCUT2D eigenvalue weighted by molar-refractivity contribution is -0.0207. The van der Waals surface area contributed by atoms with Crippen LogP contribution in [0.1, 0.15) is 25.5 Å². The molecule has 2 nitrogen and oxygen atoms in total. The fourth-order valence-electron chi connectivity index (χ4n) is 2.00. The zero-order valence-corrected chi connectivity index (χ0v) is 8.73. The molecule has 0 bridgehead atoms. The molecule has 1 heterocycles. The average Bonchev–Trinajstić information content (AvgIpc) is 2.19. The molecular formula is C12H17NO. The summed E-state index contributed by atoms with van der Waals surface area (Å²) in [5.41, 5.74) is 1.26. The van der Waals surface area contributed by atoms with Gasteiger partial charge in [0.1, 0.15) is 0 Å². The lowest BCUT2D eigenvalue weighted by atomic mass is 10.0. The topological polar surface area (TPSA) is 21.3 Å². The van der Waals surface area contributed by atoms with E-state index in [1.54, 1.807) is 0 Å². The van der Waals surface area contributed by atoms with Crippen LogP contribution in [0.15, 0.2) is 30.3 Å². The molecule has 1 aliphatic rings. The third kappa shape index (κ3) is 1.97. The first-order chi connectivity index (χ1) is 6.77. The number of hydrogen-bond acceptors (Lipinski definition) is 2. The molecule has 0 amide bonds. The minimum absolute atomic E-state index is 0.201. The Hall–Kier alpha value is -0.860. The van der Waals surface area contributed by atoms with Crippen LogP contribution in [0.4, 0.5) is 0 Å². The fourth-order valence-corrected chi connectivity index (χ4v) is 2.00. The molecule has 1 N–H and O–H groups in total. The Kier molecular flexibility index (Phi) is 2.85. The zero-order valence-electron chi connectivity index (χ0n) is 8.73. The SMILES string of the molecule is C[C@H]1CO[C@@H](c2ccccc2)[C@@H](C)N1. The van der Waals surface area contributed by atoms with Gasteiger partial charge >= 0.3 is 0 Å². The molecule has 2 rings (SSSR count). The molecule has 1 aromatic carbocycles. The van der Waals surface area contributed by atoms with Crippen LogP contribution in [-0.2, 0) is 4.74 Å². The van der Waals surface area contributed by atoms with E-state index in [1.165, 1.54) is 5.56 Å². The predicted octanol–water partition coefficient (Wildman–Crippen LogP) is 2.12. The number of ether oxygens (including phenoxy) is 1. The number of morpholine rings is 1. The van der Waals surface area contributed by atoms with Gasteiger partial charge in [-0.2, -0.15) is 0 Å². The van der Waals surface area contributed by atoms with Gasteiger partial charge in [0, 0.05) is 12.1 Å².